The van der Waals surface area contributed by atoms with Crippen molar-refractivity contribution in [3.05, 3.63) is 24.3 Å². The van der Waals surface area contributed by atoms with Gasteiger partial charge in [-0.1, -0.05) is 12.1 Å². The molecule has 2 aliphatic heterocycles. The van der Waals surface area contributed by atoms with E-state index in [1.165, 1.54) is 0 Å². The predicted molar refractivity (Wildman–Crippen MR) is 102 cm³/mol. The number of likely N-dealkylation sites (tertiary alicyclic amines) is 1. The van der Waals surface area contributed by atoms with Gasteiger partial charge in [-0.3, -0.25) is 4.79 Å². The van der Waals surface area contributed by atoms with Crippen molar-refractivity contribution in [3.63, 3.8) is 0 Å². The SMILES string of the molecule is Cl.O=C(CCC1CCNC1)Nc1ccccc1NC(=O)N1CCCC1. The highest BCUT2D eigenvalue weighted by Crippen LogP contribution is 2.23. The maximum absolute atomic E-state index is 12.2. The molecule has 2 aliphatic rings. The van der Waals surface area contributed by atoms with E-state index in [4.69, 9.17) is 0 Å². The molecule has 3 rings (SSSR count). The second-order valence-corrected chi connectivity index (χ2v) is 6.62. The number of halogens is 1. The van der Waals surface area contributed by atoms with Gasteiger partial charge in [0.2, 0.25) is 5.91 Å². The molecule has 1 aromatic rings. The Morgan fingerprint density at radius 1 is 1.12 bits per heavy atom. The van der Waals surface area contributed by atoms with Crippen LogP contribution in [-0.2, 0) is 4.79 Å². The van der Waals surface area contributed by atoms with E-state index in [1.807, 2.05) is 29.2 Å². The van der Waals surface area contributed by atoms with Gasteiger partial charge < -0.3 is 20.9 Å². The van der Waals surface area contributed by atoms with Crippen molar-refractivity contribution in [1.82, 2.24) is 10.2 Å². The zero-order valence-corrected chi connectivity index (χ0v) is 15.2. The summed E-state index contributed by atoms with van der Waals surface area (Å²) in [4.78, 5) is 26.3. The molecule has 3 amide bonds. The first kappa shape index (κ1) is 19.5. The minimum absolute atomic E-state index is 0. The Labute approximate surface area is 155 Å². The van der Waals surface area contributed by atoms with Crippen molar-refractivity contribution in [2.75, 3.05) is 36.8 Å². The van der Waals surface area contributed by atoms with E-state index in [0.29, 0.717) is 23.7 Å². The van der Waals surface area contributed by atoms with Crippen LogP contribution in [0.1, 0.15) is 32.1 Å². The first-order valence-corrected chi connectivity index (χ1v) is 8.88. The molecule has 1 atom stereocenters. The van der Waals surface area contributed by atoms with Gasteiger partial charge in [-0.2, -0.15) is 0 Å². The zero-order valence-electron chi connectivity index (χ0n) is 14.4. The van der Waals surface area contributed by atoms with Gasteiger partial charge in [-0.25, -0.2) is 4.79 Å². The summed E-state index contributed by atoms with van der Waals surface area (Å²) in [5.74, 6) is 0.602. The van der Waals surface area contributed by atoms with Crippen molar-refractivity contribution < 1.29 is 9.59 Å². The molecule has 2 heterocycles. The largest absolute Gasteiger partial charge is 0.325 e. The monoisotopic (exact) mass is 366 g/mol. The Hall–Kier alpha value is -1.79. The number of urea groups is 1. The van der Waals surface area contributed by atoms with Crippen LogP contribution in [0.4, 0.5) is 16.2 Å². The number of para-hydroxylation sites is 2. The lowest BCUT2D eigenvalue weighted by Crippen LogP contribution is -2.32. The summed E-state index contributed by atoms with van der Waals surface area (Å²) >= 11 is 0. The Kier molecular flexibility index (Phi) is 7.52. The van der Waals surface area contributed by atoms with Crippen molar-refractivity contribution in [1.29, 1.82) is 0 Å². The molecule has 0 radical (unpaired) electrons. The fourth-order valence-electron chi connectivity index (χ4n) is 3.32. The highest BCUT2D eigenvalue weighted by atomic mass is 35.5. The van der Waals surface area contributed by atoms with E-state index in [-0.39, 0.29) is 24.3 Å². The van der Waals surface area contributed by atoms with E-state index in [2.05, 4.69) is 16.0 Å². The fraction of sp³-hybridized carbons (Fsp3) is 0.556. The average Bonchev–Trinajstić information content (AvgIpc) is 3.28. The van der Waals surface area contributed by atoms with Crippen LogP contribution in [0, 0.1) is 5.92 Å². The van der Waals surface area contributed by atoms with Gasteiger partial charge in [0.15, 0.2) is 0 Å². The van der Waals surface area contributed by atoms with Gasteiger partial charge in [0, 0.05) is 19.5 Å². The van der Waals surface area contributed by atoms with Crippen LogP contribution in [0.5, 0.6) is 0 Å². The second-order valence-electron chi connectivity index (χ2n) is 6.62. The van der Waals surface area contributed by atoms with E-state index < -0.39 is 0 Å². The van der Waals surface area contributed by atoms with Crippen LogP contribution in [-0.4, -0.2) is 43.0 Å². The quantitative estimate of drug-likeness (QED) is 0.749. The van der Waals surface area contributed by atoms with Crippen LogP contribution in [0.3, 0.4) is 0 Å². The van der Waals surface area contributed by atoms with Crippen molar-refractivity contribution in [3.8, 4) is 0 Å². The van der Waals surface area contributed by atoms with Gasteiger partial charge in [-0.15, -0.1) is 12.4 Å². The standard InChI is InChI=1S/C18H26N4O2.ClH/c23-17(8-7-14-9-10-19-13-14)20-15-5-1-2-6-16(15)21-18(24)22-11-3-4-12-22;/h1-2,5-6,14,19H,3-4,7-13H2,(H,20,23)(H,21,24);1H. The molecule has 0 spiro atoms. The van der Waals surface area contributed by atoms with Gasteiger partial charge in [0.25, 0.3) is 0 Å². The Balaban J connectivity index is 0.00000225. The predicted octanol–water partition coefficient (Wildman–Crippen LogP) is 3.06. The summed E-state index contributed by atoms with van der Waals surface area (Å²) in [6, 6.07) is 7.28. The van der Waals surface area contributed by atoms with Crippen LogP contribution in [0.15, 0.2) is 24.3 Å². The number of benzene rings is 1. The molecule has 2 fully saturated rings. The van der Waals surface area contributed by atoms with E-state index in [1.54, 1.807) is 0 Å². The maximum Gasteiger partial charge on any atom is 0.321 e. The summed E-state index contributed by atoms with van der Waals surface area (Å²) < 4.78 is 0. The smallest absolute Gasteiger partial charge is 0.321 e. The molecule has 1 aromatic carbocycles. The molecule has 3 N–H and O–H groups in total. The zero-order chi connectivity index (χ0) is 16.8. The van der Waals surface area contributed by atoms with Crippen molar-refractivity contribution in [2.45, 2.75) is 32.1 Å². The second kappa shape index (κ2) is 9.63. The lowest BCUT2D eigenvalue weighted by Gasteiger charge is -2.18. The minimum Gasteiger partial charge on any atom is -0.325 e. The lowest BCUT2D eigenvalue weighted by molar-refractivity contribution is -0.116. The summed E-state index contributed by atoms with van der Waals surface area (Å²) in [7, 11) is 0. The molecule has 0 bridgehead atoms. The maximum atomic E-state index is 12.2. The molecular weight excluding hydrogens is 340 g/mol. The third-order valence-corrected chi connectivity index (χ3v) is 4.78. The van der Waals surface area contributed by atoms with Crippen LogP contribution in [0.25, 0.3) is 0 Å². The molecule has 0 saturated carbocycles. The van der Waals surface area contributed by atoms with Gasteiger partial charge >= 0.3 is 6.03 Å². The number of amides is 3. The Morgan fingerprint density at radius 2 is 1.80 bits per heavy atom. The number of carbonyl (C=O) groups is 2. The number of nitrogens with zero attached hydrogens (tertiary/aromatic N) is 1. The molecule has 1 unspecified atom stereocenters. The number of hydrogen-bond donors (Lipinski definition) is 3. The number of nitrogens with one attached hydrogen (secondary N) is 3. The van der Waals surface area contributed by atoms with Crippen molar-refractivity contribution in [2.24, 2.45) is 5.92 Å². The molecule has 6 nitrogen and oxygen atoms in total. The normalized spacial score (nSPS) is 19.4. The number of hydrogen-bond acceptors (Lipinski definition) is 3. The molecule has 0 aromatic heterocycles. The number of anilines is 2. The fourth-order valence-corrected chi connectivity index (χ4v) is 3.32. The Bertz CT molecular complexity index is 584. The van der Waals surface area contributed by atoms with Gasteiger partial charge in [0.1, 0.15) is 0 Å². The summed E-state index contributed by atoms with van der Waals surface area (Å²) in [6.07, 6.45) is 4.68. The highest BCUT2D eigenvalue weighted by molar-refractivity contribution is 5.99. The number of carbonyl (C=O) groups excluding carboxylic acids is 2. The third-order valence-electron chi connectivity index (χ3n) is 4.78. The average molecular weight is 367 g/mol. The van der Waals surface area contributed by atoms with E-state index in [9.17, 15) is 9.59 Å². The minimum atomic E-state index is -0.0915. The molecular formula is C18H27ClN4O2. The van der Waals surface area contributed by atoms with Gasteiger partial charge in [-0.05, 0) is 56.8 Å². The van der Waals surface area contributed by atoms with Crippen LogP contribution >= 0.6 is 12.4 Å². The Morgan fingerprint density at radius 3 is 2.44 bits per heavy atom. The summed E-state index contributed by atoms with van der Waals surface area (Å²) in [5, 5.41) is 9.17. The molecule has 25 heavy (non-hydrogen) atoms. The van der Waals surface area contributed by atoms with Crippen molar-refractivity contribution >= 4 is 35.7 Å². The van der Waals surface area contributed by atoms with E-state index in [0.717, 1.165) is 51.9 Å². The molecule has 138 valence electrons. The first-order valence-electron chi connectivity index (χ1n) is 8.88. The lowest BCUT2D eigenvalue weighted by atomic mass is 10.0. The highest BCUT2D eigenvalue weighted by Gasteiger charge is 2.19. The third kappa shape index (κ3) is 5.61. The van der Waals surface area contributed by atoms with Crippen LogP contribution < -0.4 is 16.0 Å². The number of rotatable bonds is 5. The molecule has 7 heteroatoms. The summed E-state index contributed by atoms with van der Waals surface area (Å²) in [5.41, 5.74) is 1.32. The first-order chi connectivity index (χ1) is 11.7. The van der Waals surface area contributed by atoms with Gasteiger partial charge in [0.05, 0.1) is 11.4 Å². The molecule has 2 saturated heterocycles. The topological polar surface area (TPSA) is 73.5 Å². The van der Waals surface area contributed by atoms with Crippen LogP contribution in [0.2, 0.25) is 0 Å². The van der Waals surface area contributed by atoms with E-state index >= 15 is 0 Å². The summed E-state index contributed by atoms with van der Waals surface area (Å²) in [6.45, 7) is 3.67. The molecule has 0 aliphatic carbocycles.